The molecule has 27 heavy (non-hydrogen) atoms. The van der Waals surface area contributed by atoms with Crippen LogP contribution >= 0.6 is 0 Å². The topological polar surface area (TPSA) is 62.0 Å². The molecule has 0 bridgehead atoms. The van der Waals surface area contributed by atoms with E-state index in [1.165, 1.54) is 12.1 Å². The molecule has 6 heteroatoms. The van der Waals surface area contributed by atoms with Gasteiger partial charge in [-0.25, -0.2) is 17.5 Å². The molecule has 0 saturated carbocycles. The number of aromatic nitrogens is 1. The number of hydrogen-bond acceptors (Lipinski definition) is 2. The highest BCUT2D eigenvalue weighted by atomic mass is 32.2. The second kappa shape index (κ2) is 7.82. The van der Waals surface area contributed by atoms with E-state index in [4.69, 9.17) is 0 Å². The maximum absolute atomic E-state index is 13.4. The molecular formula is C21H25FN2O2S. The van der Waals surface area contributed by atoms with E-state index in [1.54, 1.807) is 6.07 Å². The molecule has 0 unspecified atom stereocenters. The van der Waals surface area contributed by atoms with E-state index >= 15 is 0 Å². The van der Waals surface area contributed by atoms with Crippen LogP contribution in [-0.4, -0.2) is 25.7 Å². The minimum atomic E-state index is -3.36. The molecule has 4 nitrogen and oxygen atoms in total. The molecule has 3 aromatic rings. The number of benzene rings is 2. The molecule has 0 amide bonds. The summed E-state index contributed by atoms with van der Waals surface area (Å²) in [4.78, 5) is 3.07. The summed E-state index contributed by atoms with van der Waals surface area (Å²) in [6.45, 7) is 4.24. The Hall–Kier alpha value is -2.18. The number of fused-ring (bicyclic) bond motifs is 1. The molecular weight excluding hydrogens is 363 g/mol. The summed E-state index contributed by atoms with van der Waals surface area (Å²) >= 11 is 0. The predicted molar refractivity (Wildman–Crippen MR) is 108 cm³/mol. The van der Waals surface area contributed by atoms with Crippen molar-refractivity contribution >= 4 is 20.9 Å². The Balaban J connectivity index is 1.61. The van der Waals surface area contributed by atoms with Crippen LogP contribution in [0.5, 0.6) is 0 Å². The van der Waals surface area contributed by atoms with Gasteiger partial charge in [-0.1, -0.05) is 44.2 Å². The second-order valence-corrected chi connectivity index (χ2v) is 9.43. The van der Waals surface area contributed by atoms with Crippen molar-refractivity contribution in [1.82, 2.24) is 9.71 Å². The van der Waals surface area contributed by atoms with E-state index in [1.807, 2.05) is 50.4 Å². The number of nitrogens with one attached hydrogen (secondary N) is 2. The quantitative estimate of drug-likeness (QED) is 0.609. The highest BCUT2D eigenvalue weighted by molar-refractivity contribution is 7.89. The number of hydrogen-bond donors (Lipinski definition) is 2. The van der Waals surface area contributed by atoms with Gasteiger partial charge in [0.15, 0.2) is 0 Å². The van der Waals surface area contributed by atoms with E-state index in [9.17, 15) is 12.8 Å². The van der Waals surface area contributed by atoms with Gasteiger partial charge in [0, 0.05) is 29.1 Å². The van der Waals surface area contributed by atoms with Crippen molar-refractivity contribution in [1.29, 1.82) is 0 Å². The van der Waals surface area contributed by atoms with Gasteiger partial charge in [-0.05, 0) is 42.2 Å². The molecule has 3 rings (SSSR count). The van der Waals surface area contributed by atoms with E-state index in [0.717, 1.165) is 22.9 Å². The maximum atomic E-state index is 13.4. The van der Waals surface area contributed by atoms with Crippen LogP contribution in [0.3, 0.4) is 0 Å². The van der Waals surface area contributed by atoms with Gasteiger partial charge < -0.3 is 4.98 Å². The van der Waals surface area contributed by atoms with Crippen molar-refractivity contribution in [3.05, 3.63) is 71.7 Å². The summed E-state index contributed by atoms with van der Waals surface area (Å²) in [5, 5.41) is 0.907. The average molecular weight is 389 g/mol. The molecule has 0 fully saturated rings. The van der Waals surface area contributed by atoms with E-state index in [2.05, 4.69) is 9.71 Å². The van der Waals surface area contributed by atoms with Gasteiger partial charge >= 0.3 is 0 Å². The molecule has 2 aromatic carbocycles. The molecule has 0 aliphatic carbocycles. The standard InChI is InChI=1S/C21H25FN2O2S/c1-21(2,19-14-23-20-13-17(22)10-11-18(19)20)15-24-27(25,26)12-6-9-16-7-4-3-5-8-16/h3-5,7-8,10-11,13-14,23-24H,6,9,12,15H2,1-2H3. The first-order chi connectivity index (χ1) is 12.8. The Bertz CT molecular complexity index is 1010. The molecule has 0 aliphatic heterocycles. The highest BCUT2D eigenvalue weighted by Gasteiger charge is 2.26. The Kier molecular flexibility index (Phi) is 5.67. The van der Waals surface area contributed by atoms with Crippen molar-refractivity contribution < 1.29 is 12.8 Å². The van der Waals surface area contributed by atoms with Gasteiger partial charge in [-0.3, -0.25) is 0 Å². The van der Waals surface area contributed by atoms with E-state index < -0.39 is 15.4 Å². The third-order valence-corrected chi connectivity index (χ3v) is 6.24. The lowest BCUT2D eigenvalue weighted by atomic mass is 9.85. The summed E-state index contributed by atoms with van der Waals surface area (Å²) in [5.74, 6) is -0.204. The smallest absolute Gasteiger partial charge is 0.211 e. The van der Waals surface area contributed by atoms with Gasteiger partial charge in [0.1, 0.15) is 5.82 Å². The van der Waals surface area contributed by atoms with Gasteiger partial charge in [-0.2, -0.15) is 0 Å². The zero-order valence-corrected chi connectivity index (χ0v) is 16.4. The normalized spacial score (nSPS) is 12.6. The van der Waals surface area contributed by atoms with Gasteiger partial charge in [0.25, 0.3) is 0 Å². The highest BCUT2D eigenvalue weighted by Crippen LogP contribution is 2.30. The SMILES string of the molecule is CC(C)(CNS(=O)(=O)CCCc1ccccc1)c1c[nH]c2cc(F)ccc12. The zero-order valence-electron chi connectivity index (χ0n) is 15.6. The van der Waals surface area contributed by atoms with Crippen LogP contribution in [0.25, 0.3) is 10.9 Å². The van der Waals surface area contributed by atoms with Gasteiger partial charge in [0.2, 0.25) is 10.0 Å². The lowest BCUT2D eigenvalue weighted by Gasteiger charge is -2.25. The molecule has 0 atom stereocenters. The van der Waals surface area contributed by atoms with Crippen LogP contribution in [0, 0.1) is 5.82 Å². The van der Waals surface area contributed by atoms with Crippen molar-refractivity contribution in [2.75, 3.05) is 12.3 Å². The molecule has 0 aliphatic rings. The summed E-state index contributed by atoms with van der Waals surface area (Å²) in [6.07, 6.45) is 3.14. The monoisotopic (exact) mass is 388 g/mol. The number of H-pyrrole nitrogens is 1. The van der Waals surface area contributed by atoms with Crippen molar-refractivity contribution in [2.45, 2.75) is 32.1 Å². The van der Waals surface area contributed by atoms with Crippen molar-refractivity contribution in [2.24, 2.45) is 0 Å². The number of rotatable bonds is 8. The fourth-order valence-electron chi connectivity index (χ4n) is 3.23. The van der Waals surface area contributed by atoms with Crippen LogP contribution in [0.4, 0.5) is 4.39 Å². The third kappa shape index (κ3) is 4.96. The molecule has 144 valence electrons. The van der Waals surface area contributed by atoms with Crippen LogP contribution in [0.15, 0.2) is 54.7 Å². The van der Waals surface area contributed by atoms with Crippen LogP contribution in [0.2, 0.25) is 0 Å². The number of halogens is 1. The summed E-state index contributed by atoms with van der Waals surface area (Å²) in [5.41, 5.74) is 2.38. The van der Waals surface area contributed by atoms with Gasteiger partial charge in [0.05, 0.1) is 5.75 Å². The lowest BCUT2D eigenvalue weighted by Crippen LogP contribution is -2.37. The number of aromatic amines is 1. The first-order valence-corrected chi connectivity index (χ1v) is 10.7. The Morgan fingerprint density at radius 1 is 1.11 bits per heavy atom. The third-order valence-electron chi connectivity index (χ3n) is 4.83. The first kappa shape index (κ1) is 19.6. The molecule has 0 radical (unpaired) electrons. The maximum Gasteiger partial charge on any atom is 0.211 e. The van der Waals surface area contributed by atoms with E-state index in [-0.39, 0.29) is 18.1 Å². The fourth-order valence-corrected chi connectivity index (χ4v) is 4.48. The summed E-state index contributed by atoms with van der Waals surface area (Å²) in [7, 11) is -3.36. The minimum absolute atomic E-state index is 0.0943. The second-order valence-electron chi connectivity index (χ2n) is 7.51. The number of sulfonamides is 1. The average Bonchev–Trinajstić information content (AvgIpc) is 3.05. The Morgan fingerprint density at radius 2 is 1.85 bits per heavy atom. The lowest BCUT2D eigenvalue weighted by molar-refractivity contribution is 0.504. The Labute approximate surface area is 159 Å². The Morgan fingerprint density at radius 3 is 2.59 bits per heavy atom. The first-order valence-electron chi connectivity index (χ1n) is 9.05. The molecule has 2 N–H and O–H groups in total. The predicted octanol–water partition coefficient (Wildman–Crippen LogP) is 4.14. The minimum Gasteiger partial charge on any atom is -0.361 e. The summed E-state index contributed by atoms with van der Waals surface area (Å²) in [6, 6.07) is 14.5. The van der Waals surface area contributed by atoms with Crippen molar-refractivity contribution in [3.8, 4) is 0 Å². The van der Waals surface area contributed by atoms with Gasteiger partial charge in [-0.15, -0.1) is 0 Å². The number of aryl methyl sites for hydroxylation is 1. The van der Waals surface area contributed by atoms with Crippen molar-refractivity contribution in [3.63, 3.8) is 0 Å². The zero-order chi connectivity index (χ0) is 19.5. The van der Waals surface area contributed by atoms with Crippen LogP contribution in [-0.2, 0) is 21.9 Å². The molecule has 1 heterocycles. The van der Waals surface area contributed by atoms with E-state index in [0.29, 0.717) is 11.9 Å². The summed E-state index contributed by atoms with van der Waals surface area (Å²) < 4.78 is 40.9. The molecule has 0 spiro atoms. The van der Waals surface area contributed by atoms with Crippen LogP contribution < -0.4 is 4.72 Å². The largest absolute Gasteiger partial charge is 0.361 e. The molecule has 1 aromatic heterocycles. The fraction of sp³-hybridized carbons (Fsp3) is 0.333. The molecule has 0 saturated heterocycles. The van der Waals surface area contributed by atoms with Crippen LogP contribution in [0.1, 0.15) is 31.4 Å².